The van der Waals surface area contributed by atoms with Crippen LogP contribution in [0.1, 0.15) is 44.1 Å². The predicted octanol–water partition coefficient (Wildman–Crippen LogP) is 4.17. The fraction of sp³-hybridized carbons (Fsp3) is 0.500. The summed E-state index contributed by atoms with van der Waals surface area (Å²) in [5, 5.41) is 4.12. The highest BCUT2D eigenvalue weighted by Gasteiger charge is 2.37. The lowest BCUT2D eigenvalue weighted by Crippen LogP contribution is -2.40. The Hall–Kier alpha value is -1.20. The number of halogens is 1. The van der Waals surface area contributed by atoms with Crippen molar-refractivity contribution in [3.05, 3.63) is 34.1 Å². The predicted molar refractivity (Wildman–Crippen MR) is 85.7 cm³/mol. The molecule has 1 aromatic carbocycles. The third-order valence-electron chi connectivity index (χ3n) is 4.38. The number of rotatable bonds is 2. The third kappa shape index (κ3) is 2.90. The first kappa shape index (κ1) is 14.7. The Labute approximate surface area is 133 Å². The van der Waals surface area contributed by atoms with Gasteiger partial charge < -0.3 is 10.3 Å². The van der Waals surface area contributed by atoms with Crippen LogP contribution in [0.25, 0.3) is 11.4 Å². The summed E-state index contributed by atoms with van der Waals surface area (Å²) < 4.78 is 6.45. The summed E-state index contributed by atoms with van der Waals surface area (Å²) in [5.74, 6) is 1.90. The number of nitrogens with zero attached hydrogens (tertiary/aromatic N) is 2. The van der Waals surface area contributed by atoms with Gasteiger partial charge in [-0.2, -0.15) is 4.98 Å². The summed E-state index contributed by atoms with van der Waals surface area (Å²) in [5.41, 5.74) is 8.14. The summed E-state index contributed by atoms with van der Waals surface area (Å²) in [6.45, 7) is 4.32. The average Bonchev–Trinajstić information content (AvgIpc) is 2.92. The van der Waals surface area contributed by atoms with E-state index in [4.69, 9.17) is 10.3 Å². The fourth-order valence-corrected chi connectivity index (χ4v) is 3.50. The standard InChI is InChI=1S/C16H20BrN3O/c1-10-5-7-16(18,8-6-10)15-19-14(20-21-15)12-4-3-11(2)9-13(12)17/h3-4,9-10H,5-8,18H2,1-2H3. The minimum Gasteiger partial charge on any atom is -0.337 e. The van der Waals surface area contributed by atoms with Crippen LogP contribution in [0, 0.1) is 12.8 Å². The van der Waals surface area contributed by atoms with Crippen LogP contribution in [0.15, 0.2) is 27.2 Å². The Morgan fingerprint density at radius 2 is 2.05 bits per heavy atom. The summed E-state index contributed by atoms with van der Waals surface area (Å²) in [7, 11) is 0. The first-order valence-corrected chi connectivity index (χ1v) is 8.17. The second kappa shape index (κ2) is 5.54. The minimum atomic E-state index is -0.463. The average molecular weight is 350 g/mol. The van der Waals surface area contributed by atoms with E-state index in [-0.39, 0.29) is 0 Å². The fourth-order valence-electron chi connectivity index (χ4n) is 2.83. The van der Waals surface area contributed by atoms with Gasteiger partial charge >= 0.3 is 0 Å². The molecule has 0 unspecified atom stereocenters. The van der Waals surface area contributed by atoms with Gasteiger partial charge in [-0.25, -0.2) is 0 Å². The molecule has 21 heavy (non-hydrogen) atoms. The first-order chi connectivity index (χ1) is 9.98. The van der Waals surface area contributed by atoms with Gasteiger partial charge in [-0.05, 0) is 56.2 Å². The maximum atomic E-state index is 6.49. The van der Waals surface area contributed by atoms with Crippen molar-refractivity contribution in [1.29, 1.82) is 0 Å². The van der Waals surface area contributed by atoms with E-state index in [1.54, 1.807) is 0 Å². The molecule has 2 aromatic rings. The van der Waals surface area contributed by atoms with Crippen LogP contribution in [0.4, 0.5) is 0 Å². The van der Waals surface area contributed by atoms with E-state index in [2.05, 4.69) is 33.0 Å². The van der Waals surface area contributed by atoms with Gasteiger partial charge in [0.1, 0.15) is 0 Å². The van der Waals surface area contributed by atoms with Crippen LogP contribution < -0.4 is 5.73 Å². The number of nitrogens with two attached hydrogens (primary N) is 1. The number of aromatic nitrogens is 2. The zero-order valence-corrected chi connectivity index (χ0v) is 14.0. The molecule has 1 aromatic heterocycles. The van der Waals surface area contributed by atoms with Gasteiger partial charge in [-0.1, -0.05) is 34.1 Å². The van der Waals surface area contributed by atoms with Crippen molar-refractivity contribution in [3.8, 4) is 11.4 Å². The number of hydrogen-bond acceptors (Lipinski definition) is 4. The maximum absolute atomic E-state index is 6.49. The summed E-state index contributed by atoms with van der Waals surface area (Å²) in [6, 6.07) is 6.09. The zero-order chi connectivity index (χ0) is 15.0. The first-order valence-electron chi connectivity index (χ1n) is 7.37. The number of hydrogen-bond donors (Lipinski definition) is 1. The Kier molecular flexibility index (Phi) is 3.88. The molecule has 4 nitrogen and oxygen atoms in total. The van der Waals surface area contributed by atoms with E-state index in [0.717, 1.165) is 41.6 Å². The van der Waals surface area contributed by atoms with Gasteiger partial charge in [-0.15, -0.1) is 0 Å². The molecule has 0 bridgehead atoms. The highest BCUT2D eigenvalue weighted by atomic mass is 79.9. The summed E-state index contributed by atoms with van der Waals surface area (Å²) in [6.07, 6.45) is 4.04. The normalized spacial score (nSPS) is 26.0. The highest BCUT2D eigenvalue weighted by Crippen LogP contribution is 2.37. The Bertz CT molecular complexity index is 645. The summed E-state index contributed by atoms with van der Waals surface area (Å²) >= 11 is 3.56. The van der Waals surface area contributed by atoms with Crippen LogP contribution in [-0.2, 0) is 5.54 Å². The molecular formula is C16H20BrN3O. The second-order valence-corrected chi connectivity index (χ2v) is 7.10. The SMILES string of the molecule is Cc1ccc(-c2noc(C3(N)CCC(C)CC3)n2)c(Br)c1. The molecule has 0 amide bonds. The van der Waals surface area contributed by atoms with Crippen molar-refractivity contribution in [2.24, 2.45) is 11.7 Å². The highest BCUT2D eigenvalue weighted by molar-refractivity contribution is 9.10. The van der Waals surface area contributed by atoms with Crippen molar-refractivity contribution in [2.45, 2.75) is 45.1 Å². The van der Waals surface area contributed by atoms with Gasteiger partial charge in [0.2, 0.25) is 11.7 Å². The molecule has 1 fully saturated rings. The molecule has 1 aliphatic rings. The molecule has 3 rings (SSSR count). The molecule has 1 aliphatic carbocycles. The Morgan fingerprint density at radius 3 is 2.71 bits per heavy atom. The second-order valence-electron chi connectivity index (χ2n) is 6.25. The van der Waals surface area contributed by atoms with Crippen molar-refractivity contribution in [2.75, 3.05) is 0 Å². The van der Waals surface area contributed by atoms with Gasteiger partial charge in [0.15, 0.2) is 0 Å². The van der Waals surface area contributed by atoms with Crippen molar-refractivity contribution < 1.29 is 4.52 Å². The largest absolute Gasteiger partial charge is 0.337 e. The van der Waals surface area contributed by atoms with E-state index in [1.807, 2.05) is 25.1 Å². The van der Waals surface area contributed by atoms with E-state index in [0.29, 0.717) is 11.7 Å². The Balaban J connectivity index is 1.89. The van der Waals surface area contributed by atoms with E-state index < -0.39 is 5.54 Å². The third-order valence-corrected chi connectivity index (χ3v) is 5.04. The van der Waals surface area contributed by atoms with E-state index in [1.165, 1.54) is 5.56 Å². The molecule has 0 saturated heterocycles. The molecular weight excluding hydrogens is 330 g/mol. The molecule has 112 valence electrons. The van der Waals surface area contributed by atoms with Crippen molar-refractivity contribution >= 4 is 15.9 Å². The number of benzene rings is 1. The molecule has 0 radical (unpaired) electrons. The van der Waals surface area contributed by atoms with Gasteiger partial charge in [0, 0.05) is 10.0 Å². The van der Waals surface area contributed by atoms with E-state index in [9.17, 15) is 0 Å². The number of aryl methyl sites for hydroxylation is 1. The lowest BCUT2D eigenvalue weighted by molar-refractivity contribution is 0.190. The zero-order valence-electron chi connectivity index (χ0n) is 12.4. The molecule has 0 aliphatic heterocycles. The monoisotopic (exact) mass is 349 g/mol. The van der Waals surface area contributed by atoms with E-state index >= 15 is 0 Å². The molecule has 0 spiro atoms. The van der Waals surface area contributed by atoms with Gasteiger partial charge in [0.05, 0.1) is 5.54 Å². The Morgan fingerprint density at radius 1 is 1.33 bits per heavy atom. The van der Waals surface area contributed by atoms with Gasteiger partial charge in [0.25, 0.3) is 0 Å². The summed E-state index contributed by atoms with van der Waals surface area (Å²) in [4.78, 5) is 4.56. The van der Waals surface area contributed by atoms with Gasteiger partial charge in [-0.3, -0.25) is 0 Å². The molecule has 5 heteroatoms. The lowest BCUT2D eigenvalue weighted by atomic mass is 9.78. The topological polar surface area (TPSA) is 64.9 Å². The van der Waals surface area contributed by atoms with Crippen molar-refractivity contribution in [1.82, 2.24) is 10.1 Å². The lowest BCUT2D eigenvalue weighted by Gasteiger charge is -2.32. The van der Waals surface area contributed by atoms with Crippen molar-refractivity contribution in [3.63, 3.8) is 0 Å². The van der Waals surface area contributed by atoms with Crippen LogP contribution in [0.5, 0.6) is 0 Å². The molecule has 0 atom stereocenters. The molecule has 1 saturated carbocycles. The van der Waals surface area contributed by atoms with Crippen LogP contribution >= 0.6 is 15.9 Å². The molecule has 1 heterocycles. The maximum Gasteiger partial charge on any atom is 0.247 e. The smallest absolute Gasteiger partial charge is 0.247 e. The minimum absolute atomic E-state index is 0.463. The van der Waals surface area contributed by atoms with Crippen LogP contribution in [-0.4, -0.2) is 10.1 Å². The van der Waals surface area contributed by atoms with Crippen LogP contribution in [0.3, 0.4) is 0 Å². The quantitative estimate of drug-likeness (QED) is 0.883. The molecule has 2 N–H and O–H groups in total. The van der Waals surface area contributed by atoms with Crippen LogP contribution in [0.2, 0.25) is 0 Å².